The van der Waals surface area contributed by atoms with E-state index in [1.54, 1.807) is 0 Å². The molecule has 1 unspecified atom stereocenters. The summed E-state index contributed by atoms with van der Waals surface area (Å²) in [6.07, 6.45) is 0. The minimum Gasteiger partial charge on any atom is -0.490 e. The van der Waals surface area contributed by atoms with Gasteiger partial charge in [0, 0.05) is 0 Å². The van der Waals surface area contributed by atoms with Crippen LogP contribution in [0.2, 0.25) is 0 Å². The highest BCUT2D eigenvalue weighted by molar-refractivity contribution is 5.39. The van der Waals surface area contributed by atoms with Crippen molar-refractivity contribution in [2.45, 2.75) is 26.8 Å². The van der Waals surface area contributed by atoms with E-state index in [9.17, 15) is 0 Å². The van der Waals surface area contributed by atoms with Crippen LogP contribution in [0.4, 0.5) is 0 Å². The SMILES string of the molecule is CCOc1ccccc1OCC(N)c1cc(C)cc(C)c1. The fourth-order valence-electron chi connectivity index (χ4n) is 2.34. The van der Waals surface area contributed by atoms with Crippen LogP contribution in [0.25, 0.3) is 0 Å². The van der Waals surface area contributed by atoms with Gasteiger partial charge < -0.3 is 15.2 Å². The van der Waals surface area contributed by atoms with Gasteiger partial charge in [-0.05, 0) is 38.5 Å². The average Bonchev–Trinajstić information content (AvgIpc) is 2.45. The maximum Gasteiger partial charge on any atom is 0.161 e. The van der Waals surface area contributed by atoms with E-state index in [1.807, 2.05) is 31.2 Å². The molecule has 3 heteroatoms. The van der Waals surface area contributed by atoms with Gasteiger partial charge in [0.15, 0.2) is 11.5 Å². The monoisotopic (exact) mass is 285 g/mol. The molecule has 0 saturated carbocycles. The van der Waals surface area contributed by atoms with Crippen LogP contribution in [0.3, 0.4) is 0 Å². The lowest BCUT2D eigenvalue weighted by Crippen LogP contribution is -2.19. The molecule has 1 atom stereocenters. The van der Waals surface area contributed by atoms with Gasteiger partial charge in [-0.2, -0.15) is 0 Å². The lowest BCUT2D eigenvalue weighted by molar-refractivity contribution is 0.261. The van der Waals surface area contributed by atoms with Crippen molar-refractivity contribution in [2.75, 3.05) is 13.2 Å². The smallest absolute Gasteiger partial charge is 0.161 e. The van der Waals surface area contributed by atoms with Crippen molar-refractivity contribution >= 4 is 0 Å². The van der Waals surface area contributed by atoms with Crippen molar-refractivity contribution in [3.63, 3.8) is 0 Å². The Hall–Kier alpha value is -2.00. The van der Waals surface area contributed by atoms with Crippen molar-refractivity contribution in [3.05, 3.63) is 59.2 Å². The second-order valence-corrected chi connectivity index (χ2v) is 5.22. The second kappa shape index (κ2) is 7.14. The van der Waals surface area contributed by atoms with Crippen LogP contribution in [0.1, 0.15) is 29.7 Å². The summed E-state index contributed by atoms with van der Waals surface area (Å²) in [4.78, 5) is 0. The summed E-state index contributed by atoms with van der Waals surface area (Å²) >= 11 is 0. The zero-order chi connectivity index (χ0) is 15.2. The van der Waals surface area contributed by atoms with Gasteiger partial charge in [0.25, 0.3) is 0 Å². The molecule has 2 rings (SSSR count). The van der Waals surface area contributed by atoms with Gasteiger partial charge in [-0.15, -0.1) is 0 Å². The first kappa shape index (κ1) is 15.4. The molecular formula is C18H23NO2. The first-order valence-electron chi connectivity index (χ1n) is 7.28. The molecule has 0 bridgehead atoms. The van der Waals surface area contributed by atoms with Gasteiger partial charge >= 0.3 is 0 Å². The van der Waals surface area contributed by atoms with Crippen molar-refractivity contribution in [2.24, 2.45) is 5.73 Å². The highest BCUT2D eigenvalue weighted by Crippen LogP contribution is 2.27. The third kappa shape index (κ3) is 4.23. The Morgan fingerprint density at radius 3 is 2.10 bits per heavy atom. The first-order chi connectivity index (χ1) is 10.1. The van der Waals surface area contributed by atoms with E-state index >= 15 is 0 Å². The minimum atomic E-state index is -0.154. The summed E-state index contributed by atoms with van der Waals surface area (Å²) < 4.78 is 11.4. The zero-order valence-electron chi connectivity index (χ0n) is 12.9. The van der Waals surface area contributed by atoms with E-state index in [-0.39, 0.29) is 6.04 Å². The van der Waals surface area contributed by atoms with Gasteiger partial charge in [0.1, 0.15) is 6.61 Å². The Labute approximate surface area is 126 Å². The molecular weight excluding hydrogens is 262 g/mol. The van der Waals surface area contributed by atoms with Crippen LogP contribution in [0.5, 0.6) is 11.5 Å². The van der Waals surface area contributed by atoms with Gasteiger partial charge in [-0.3, -0.25) is 0 Å². The van der Waals surface area contributed by atoms with E-state index in [0.29, 0.717) is 13.2 Å². The average molecular weight is 285 g/mol. The van der Waals surface area contributed by atoms with Crippen LogP contribution in [0.15, 0.2) is 42.5 Å². The molecule has 2 N–H and O–H groups in total. The van der Waals surface area contributed by atoms with Gasteiger partial charge in [-0.1, -0.05) is 41.5 Å². The Kier molecular flexibility index (Phi) is 5.23. The van der Waals surface area contributed by atoms with Crippen LogP contribution < -0.4 is 15.2 Å². The number of benzene rings is 2. The van der Waals surface area contributed by atoms with E-state index < -0.39 is 0 Å². The molecule has 21 heavy (non-hydrogen) atoms. The van der Waals surface area contributed by atoms with Crippen LogP contribution in [-0.2, 0) is 0 Å². The summed E-state index contributed by atoms with van der Waals surface area (Å²) in [5.41, 5.74) is 9.77. The zero-order valence-corrected chi connectivity index (χ0v) is 12.9. The van der Waals surface area contributed by atoms with Crippen molar-refractivity contribution < 1.29 is 9.47 Å². The molecule has 0 saturated heterocycles. The van der Waals surface area contributed by atoms with E-state index in [0.717, 1.165) is 17.1 Å². The lowest BCUT2D eigenvalue weighted by Gasteiger charge is -2.16. The molecule has 0 heterocycles. The molecule has 0 aliphatic carbocycles. The third-order valence-electron chi connectivity index (χ3n) is 3.24. The first-order valence-corrected chi connectivity index (χ1v) is 7.28. The third-order valence-corrected chi connectivity index (χ3v) is 3.24. The highest BCUT2D eigenvalue weighted by Gasteiger charge is 2.10. The van der Waals surface area contributed by atoms with E-state index in [2.05, 4.69) is 32.0 Å². The Balaban J connectivity index is 2.05. The van der Waals surface area contributed by atoms with Crippen molar-refractivity contribution in [1.29, 1.82) is 0 Å². The molecule has 3 nitrogen and oxygen atoms in total. The summed E-state index contributed by atoms with van der Waals surface area (Å²) in [6, 6.07) is 13.9. The molecule has 0 aromatic heterocycles. The molecule has 0 fully saturated rings. The number of hydrogen-bond donors (Lipinski definition) is 1. The van der Waals surface area contributed by atoms with E-state index in [1.165, 1.54) is 11.1 Å². The van der Waals surface area contributed by atoms with E-state index in [4.69, 9.17) is 15.2 Å². The fourth-order valence-corrected chi connectivity index (χ4v) is 2.34. The fraction of sp³-hybridized carbons (Fsp3) is 0.333. The molecule has 112 valence electrons. The maximum absolute atomic E-state index is 6.24. The molecule has 2 aromatic rings. The molecule has 0 radical (unpaired) electrons. The van der Waals surface area contributed by atoms with Gasteiger partial charge in [0.2, 0.25) is 0 Å². The predicted molar refractivity (Wildman–Crippen MR) is 86.0 cm³/mol. The van der Waals surface area contributed by atoms with Crippen LogP contribution in [-0.4, -0.2) is 13.2 Å². The van der Waals surface area contributed by atoms with Crippen LogP contribution >= 0.6 is 0 Å². The topological polar surface area (TPSA) is 44.5 Å². The number of rotatable bonds is 6. The number of hydrogen-bond acceptors (Lipinski definition) is 3. The van der Waals surface area contributed by atoms with Crippen molar-refractivity contribution in [3.8, 4) is 11.5 Å². The summed E-state index contributed by atoms with van der Waals surface area (Å²) in [5.74, 6) is 1.49. The molecule has 0 aliphatic rings. The summed E-state index contributed by atoms with van der Waals surface area (Å²) in [6.45, 7) is 7.15. The quantitative estimate of drug-likeness (QED) is 0.878. The second-order valence-electron chi connectivity index (χ2n) is 5.22. The normalized spacial score (nSPS) is 12.0. The number of ether oxygens (including phenoxy) is 2. The van der Waals surface area contributed by atoms with Crippen LogP contribution in [0, 0.1) is 13.8 Å². The molecule has 0 amide bonds. The number of para-hydroxylation sites is 2. The highest BCUT2D eigenvalue weighted by atomic mass is 16.5. The van der Waals surface area contributed by atoms with Gasteiger partial charge in [0.05, 0.1) is 12.6 Å². The molecule has 0 aliphatic heterocycles. The Bertz CT molecular complexity index is 575. The lowest BCUT2D eigenvalue weighted by atomic mass is 10.0. The number of aryl methyl sites for hydroxylation is 2. The maximum atomic E-state index is 6.24. The number of nitrogens with two attached hydrogens (primary N) is 1. The summed E-state index contributed by atoms with van der Waals surface area (Å²) in [7, 11) is 0. The largest absolute Gasteiger partial charge is 0.490 e. The Morgan fingerprint density at radius 1 is 0.952 bits per heavy atom. The Morgan fingerprint density at radius 2 is 1.52 bits per heavy atom. The minimum absolute atomic E-state index is 0.154. The molecule has 2 aromatic carbocycles. The standard InChI is InChI=1S/C18H23NO2/c1-4-20-17-7-5-6-8-18(17)21-12-16(19)15-10-13(2)9-14(3)11-15/h5-11,16H,4,12,19H2,1-3H3. The molecule has 0 spiro atoms. The van der Waals surface area contributed by atoms with Gasteiger partial charge in [-0.25, -0.2) is 0 Å². The van der Waals surface area contributed by atoms with Crippen molar-refractivity contribution in [1.82, 2.24) is 0 Å². The summed E-state index contributed by atoms with van der Waals surface area (Å²) in [5, 5.41) is 0. The predicted octanol–water partition coefficient (Wildman–Crippen LogP) is 3.78.